The maximum atomic E-state index is 13.9. The van der Waals surface area contributed by atoms with Gasteiger partial charge in [0.15, 0.2) is 0 Å². The van der Waals surface area contributed by atoms with Crippen molar-refractivity contribution in [2.45, 2.75) is 75.3 Å². The van der Waals surface area contributed by atoms with Crippen LogP contribution in [0.15, 0.2) is 18.2 Å². The molecule has 4 fully saturated rings. The van der Waals surface area contributed by atoms with Crippen molar-refractivity contribution in [2.24, 2.45) is 0 Å². The van der Waals surface area contributed by atoms with Crippen molar-refractivity contribution in [3.63, 3.8) is 0 Å². The lowest BCUT2D eigenvalue weighted by Crippen LogP contribution is -2.52. The van der Waals surface area contributed by atoms with E-state index in [4.69, 9.17) is 14.7 Å². The van der Waals surface area contributed by atoms with Gasteiger partial charge in [0.2, 0.25) is 0 Å². The molecule has 5 aliphatic heterocycles. The zero-order chi connectivity index (χ0) is 26.8. The molecule has 1 aromatic heterocycles. The summed E-state index contributed by atoms with van der Waals surface area (Å²) in [5.74, 6) is 0.677. The number of hydrogen-bond donors (Lipinski definition) is 2. The monoisotopic (exact) mass is 544 g/mol. The van der Waals surface area contributed by atoms with E-state index in [0.717, 1.165) is 75.4 Å². The van der Waals surface area contributed by atoms with Crippen LogP contribution in [0.5, 0.6) is 11.8 Å². The lowest BCUT2D eigenvalue weighted by Gasteiger charge is -2.38. The normalized spacial score (nSPS) is 26.1. The maximum absolute atomic E-state index is 13.9. The molecule has 2 aromatic rings. The molecule has 0 radical (unpaired) electrons. The molecular formula is C28H35F3N6O2. The molecule has 2 bridgehead atoms. The van der Waals surface area contributed by atoms with Crippen LogP contribution in [0.4, 0.5) is 24.7 Å². The number of aromatic hydroxyl groups is 1. The minimum absolute atomic E-state index is 0.0255. The fraction of sp³-hybridized carbons (Fsp3) is 0.643. The van der Waals surface area contributed by atoms with Crippen LogP contribution in [0.1, 0.15) is 55.3 Å². The molecule has 4 saturated heterocycles. The third-order valence-corrected chi connectivity index (χ3v) is 9.45. The minimum atomic E-state index is -4.53. The van der Waals surface area contributed by atoms with Gasteiger partial charge in [-0.25, -0.2) is 0 Å². The molecule has 8 nitrogen and oxygen atoms in total. The van der Waals surface area contributed by atoms with Crippen molar-refractivity contribution in [1.82, 2.24) is 20.2 Å². The number of halogens is 3. The smallest absolute Gasteiger partial charge is 0.418 e. The molecule has 39 heavy (non-hydrogen) atoms. The Bertz CT molecular complexity index is 1230. The number of anilines is 2. The van der Waals surface area contributed by atoms with Gasteiger partial charge in [0.05, 0.1) is 29.0 Å². The first-order valence-corrected chi connectivity index (χ1v) is 14.2. The Morgan fingerprint density at radius 1 is 1.03 bits per heavy atom. The van der Waals surface area contributed by atoms with Gasteiger partial charge in [0, 0.05) is 43.3 Å². The Balaban J connectivity index is 1.22. The van der Waals surface area contributed by atoms with E-state index in [1.54, 1.807) is 4.90 Å². The van der Waals surface area contributed by atoms with Crippen LogP contribution in [0.2, 0.25) is 0 Å². The molecule has 2 atom stereocenters. The number of phenols is 1. The van der Waals surface area contributed by atoms with Crippen molar-refractivity contribution in [2.75, 3.05) is 49.1 Å². The largest absolute Gasteiger partial charge is 0.508 e. The number of fused-ring (bicyclic) bond motifs is 4. The van der Waals surface area contributed by atoms with Crippen LogP contribution in [-0.2, 0) is 19.1 Å². The predicted molar refractivity (Wildman–Crippen MR) is 140 cm³/mol. The van der Waals surface area contributed by atoms with Crippen LogP contribution < -0.4 is 19.9 Å². The third-order valence-electron chi connectivity index (χ3n) is 9.45. The fourth-order valence-electron chi connectivity index (χ4n) is 7.57. The number of piperazine rings is 1. The molecule has 0 aliphatic carbocycles. The van der Waals surface area contributed by atoms with Crippen molar-refractivity contribution >= 4 is 11.5 Å². The molecule has 7 rings (SSSR count). The fourth-order valence-corrected chi connectivity index (χ4v) is 7.57. The molecule has 0 amide bonds. The quantitative estimate of drug-likeness (QED) is 0.590. The Labute approximate surface area is 226 Å². The predicted octanol–water partition coefficient (Wildman–Crippen LogP) is 3.71. The van der Waals surface area contributed by atoms with Gasteiger partial charge >= 0.3 is 12.2 Å². The molecule has 2 unspecified atom stereocenters. The van der Waals surface area contributed by atoms with E-state index in [9.17, 15) is 18.3 Å². The van der Waals surface area contributed by atoms with Crippen LogP contribution in [-0.4, -0.2) is 76.9 Å². The van der Waals surface area contributed by atoms with E-state index in [-0.39, 0.29) is 23.5 Å². The molecule has 2 N–H and O–H groups in total. The number of aromatic nitrogens is 2. The molecule has 0 saturated carbocycles. The van der Waals surface area contributed by atoms with E-state index in [2.05, 4.69) is 15.1 Å². The molecule has 5 aliphatic rings. The summed E-state index contributed by atoms with van der Waals surface area (Å²) in [4.78, 5) is 16.3. The number of phenolic OH excluding ortho intramolecular Hbond substituents is 1. The van der Waals surface area contributed by atoms with Gasteiger partial charge < -0.3 is 25.0 Å². The second-order valence-electron chi connectivity index (χ2n) is 11.9. The van der Waals surface area contributed by atoms with Gasteiger partial charge in [-0.05, 0) is 70.2 Å². The maximum Gasteiger partial charge on any atom is 0.418 e. The molecule has 11 heteroatoms. The Morgan fingerprint density at radius 3 is 2.49 bits per heavy atom. The summed E-state index contributed by atoms with van der Waals surface area (Å²) in [5.41, 5.74) is 0.964. The minimum Gasteiger partial charge on any atom is -0.508 e. The lowest BCUT2D eigenvalue weighted by atomic mass is 9.95. The van der Waals surface area contributed by atoms with Crippen LogP contribution in [0.25, 0.3) is 0 Å². The number of ether oxygens (including phenoxy) is 1. The molecule has 210 valence electrons. The van der Waals surface area contributed by atoms with E-state index in [0.29, 0.717) is 43.4 Å². The summed E-state index contributed by atoms with van der Waals surface area (Å²) in [6, 6.07) is 4.40. The number of nitrogens with zero attached hydrogens (tertiary/aromatic N) is 5. The van der Waals surface area contributed by atoms with E-state index in [1.165, 1.54) is 18.9 Å². The van der Waals surface area contributed by atoms with E-state index >= 15 is 0 Å². The Hall–Kier alpha value is -2.79. The first-order chi connectivity index (χ1) is 18.8. The number of rotatable bonds is 5. The molecule has 0 spiro atoms. The molecule has 1 aromatic carbocycles. The van der Waals surface area contributed by atoms with Crippen LogP contribution >= 0.6 is 0 Å². The van der Waals surface area contributed by atoms with Gasteiger partial charge in [-0.2, -0.15) is 23.1 Å². The Kier molecular flexibility index (Phi) is 6.07. The highest BCUT2D eigenvalue weighted by Crippen LogP contribution is 2.42. The average Bonchev–Trinajstić information content (AvgIpc) is 3.59. The van der Waals surface area contributed by atoms with E-state index < -0.39 is 11.7 Å². The highest BCUT2D eigenvalue weighted by atomic mass is 19.4. The number of hydrogen-bond acceptors (Lipinski definition) is 8. The summed E-state index contributed by atoms with van der Waals surface area (Å²) in [6.07, 6.45) is 2.84. The number of alkyl halides is 3. The van der Waals surface area contributed by atoms with Crippen molar-refractivity contribution in [3.05, 3.63) is 35.0 Å². The average molecular weight is 545 g/mol. The number of nitrogens with one attached hydrogen (secondary N) is 1. The topological polar surface area (TPSA) is 77.0 Å². The second-order valence-corrected chi connectivity index (χ2v) is 11.9. The third kappa shape index (κ3) is 4.57. The van der Waals surface area contributed by atoms with Crippen molar-refractivity contribution in [1.29, 1.82) is 0 Å². The summed E-state index contributed by atoms with van der Waals surface area (Å²) >= 11 is 0. The van der Waals surface area contributed by atoms with E-state index in [1.807, 2.05) is 0 Å². The SMILES string of the molecule is Oc1ccc(C(F)(F)F)c(N2CCc3c(nc(OCC45CCCN4CCC5)nc3N3CC4CCC(C3)N4)C2)c1. The zero-order valence-electron chi connectivity index (χ0n) is 22.0. The zero-order valence-corrected chi connectivity index (χ0v) is 22.0. The first-order valence-electron chi connectivity index (χ1n) is 14.2. The van der Waals surface area contributed by atoms with Gasteiger partial charge in [0.1, 0.15) is 18.2 Å². The standard InChI is InChI=1S/C28H35F3N6O2/c29-28(30,31)22-6-5-20(38)13-24(22)35-12-7-21-23(16-35)33-26(39-17-27-8-1-10-37(27)11-2-9-27)34-25(21)36-14-18-3-4-19(15-36)32-18/h5-6,13,18-19,32,38H,1-4,7-12,14-17H2. The van der Waals surface area contributed by atoms with Crippen LogP contribution in [0, 0.1) is 0 Å². The second kappa shape index (κ2) is 9.40. The lowest BCUT2D eigenvalue weighted by molar-refractivity contribution is -0.137. The van der Waals surface area contributed by atoms with Crippen molar-refractivity contribution < 1.29 is 23.0 Å². The van der Waals surface area contributed by atoms with Crippen LogP contribution in [0.3, 0.4) is 0 Å². The summed E-state index contributed by atoms with van der Waals surface area (Å²) in [7, 11) is 0. The summed E-state index contributed by atoms with van der Waals surface area (Å²) < 4.78 is 48.0. The highest BCUT2D eigenvalue weighted by Gasteiger charge is 2.45. The molecular weight excluding hydrogens is 509 g/mol. The Morgan fingerprint density at radius 2 is 1.77 bits per heavy atom. The first kappa shape index (κ1) is 25.2. The van der Waals surface area contributed by atoms with Gasteiger partial charge in [-0.15, -0.1) is 0 Å². The summed E-state index contributed by atoms with van der Waals surface area (Å²) in [6.45, 7) is 5.02. The van der Waals surface area contributed by atoms with Gasteiger partial charge in [0.25, 0.3) is 0 Å². The van der Waals surface area contributed by atoms with Gasteiger partial charge in [-0.3, -0.25) is 4.90 Å². The van der Waals surface area contributed by atoms with Crippen molar-refractivity contribution in [3.8, 4) is 11.8 Å². The summed E-state index contributed by atoms with van der Waals surface area (Å²) in [5, 5.41) is 13.7. The van der Waals surface area contributed by atoms with Gasteiger partial charge in [-0.1, -0.05) is 0 Å². The number of benzene rings is 1. The molecule has 6 heterocycles. The highest BCUT2D eigenvalue weighted by molar-refractivity contribution is 5.61.